The molecule has 0 unspecified atom stereocenters. The molecule has 0 aromatic heterocycles. The molecule has 0 amide bonds. The quantitative estimate of drug-likeness (QED) is 0.612. The Morgan fingerprint density at radius 2 is 1.80 bits per heavy atom. The highest BCUT2D eigenvalue weighted by Gasteiger charge is 2.23. The van der Waals surface area contributed by atoms with Gasteiger partial charge in [-0.1, -0.05) is 35.3 Å². The van der Waals surface area contributed by atoms with E-state index in [2.05, 4.69) is 0 Å². The van der Waals surface area contributed by atoms with Crippen molar-refractivity contribution in [1.82, 2.24) is 0 Å². The van der Waals surface area contributed by atoms with Crippen molar-refractivity contribution in [2.45, 2.75) is 17.9 Å². The molecule has 6 nitrogen and oxygen atoms in total. The molecule has 2 N–H and O–H groups in total. The van der Waals surface area contributed by atoms with Gasteiger partial charge < -0.3 is 4.74 Å². The summed E-state index contributed by atoms with van der Waals surface area (Å²) in [5.74, 6) is -1.41. The molecule has 2 aromatic rings. The number of rotatable bonds is 5. The third-order valence-corrected chi connectivity index (χ3v) is 4.72. The van der Waals surface area contributed by atoms with Crippen LogP contribution >= 0.6 is 23.2 Å². The first kappa shape index (κ1) is 19.4. The Morgan fingerprint density at radius 1 is 1.12 bits per heavy atom. The summed E-state index contributed by atoms with van der Waals surface area (Å²) < 4.78 is 27.9. The predicted octanol–water partition coefficient (Wildman–Crippen LogP) is 3.07. The standard InChI is InChI=1S/C16H13Cl2NO5S/c1-9(15(20)10-3-2-4-11(17)7-10)24-16(21)13-8-12(25(19,22)23)5-6-14(13)18/h2-9H,1H3,(H2,19,22,23)/t9-/m1/s1. The fourth-order valence-corrected chi connectivity index (χ4v) is 2.92. The van der Waals surface area contributed by atoms with E-state index in [1.165, 1.54) is 25.1 Å². The molecule has 0 spiro atoms. The number of Topliss-reactive ketones (excluding diaryl/α,β-unsaturated/α-hetero) is 1. The number of carbonyl (C=O) groups is 2. The van der Waals surface area contributed by atoms with Gasteiger partial charge in [0.2, 0.25) is 15.8 Å². The van der Waals surface area contributed by atoms with Crippen LogP contribution in [0.15, 0.2) is 47.4 Å². The van der Waals surface area contributed by atoms with Crippen LogP contribution in [0.25, 0.3) is 0 Å². The van der Waals surface area contributed by atoms with Crippen LogP contribution in [0.3, 0.4) is 0 Å². The van der Waals surface area contributed by atoms with Crippen molar-refractivity contribution >= 4 is 45.0 Å². The lowest BCUT2D eigenvalue weighted by Gasteiger charge is -2.13. The Labute approximate surface area is 154 Å². The molecule has 9 heteroatoms. The Morgan fingerprint density at radius 3 is 2.40 bits per heavy atom. The molecule has 132 valence electrons. The molecule has 0 saturated carbocycles. The van der Waals surface area contributed by atoms with E-state index in [9.17, 15) is 18.0 Å². The van der Waals surface area contributed by atoms with Crippen molar-refractivity contribution in [2.75, 3.05) is 0 Å². The Balaban J connectivity index is 2.23. The van der Waals surface area contributed by atoms with Crippen molar-refractivity contribution in [1.29, 1.82) is 0 Å². The SMILES string of the molecule is C[C@@H](OC(=O)c1cc(S(N)(=O)=O)ccc1Cl)C(=O)c1cccc(Cl)c1. The lowest BCUT2D eigenvalue weighted by molar-refractivity contribution is 0.0318. The normalized spacial score (nSPS) is 12.5. The minimum absolute atomic E-state index is 0.0280. The Hall–Kier alpha value is -1.93. The third-order valence-electron chi connectivity index (χ3n) is 3.25. The third kappa shape index (κ3) is 4.79. The maximum atomic E-state index is 12.3. The molecule has 0 heterocycles. The first-order valence-corrected chi connectivity index (χ1v) is 9.23. The second-order valence-corrected chi connectivity index (χ2v) is 7.51. The summed E-state index contributed by atoms with van der Waals surface area (Å²) in [6, 6.07) is 9.55. The Kier molecular flexibility index (Phi) is 5.84. The van der Waals surface area contributed by atoms with Crippen LogP contribution in [-0.2, 0) is 14.8 Å². The van der Waals surface area contributed by atoms with E-state index < -0.39 is 27.9 Å². The van der Waals surface area contributed by atoms with Crippen LogP contribution in [0, 0.1) is 0 Å². The molecule has 0 radical (unpaired) electrons. The van der Waals surface area contributed by atoms with Gasteiger partial charge in [0.25, 0.3) is 0 Å². The summed E-state index contributed by atoms with van der Waals surface area (Å²) in [7, 11) is -4.02. The van der Waals surface area contributed by atoms with Gasteiger partial charge in [0, 0.05) is 10.6 Å². The van der Waals surface area contributed by atoms with E-state index in [1.807, 2.05) is 0 Å². The fraction of sp³-hybridized carbons (Fsp3) is 0.125. The average molecular weight is 402 g/mol. The summed E-state index contributed by atoms with van der Waals surface area (Å²) in [6.07, 6.45) is -1.12. The smallest absolute Gasteiger partial charge is 0.340 e. The number of nitrogens with two attached hydrogens (primary N) is 1. The monoisotopic (exact) mass is 401 g/mol. The van der Waals surface area contributed by atoms with Gasteiger partial charge in [-0.05, 0) is 37.3 Å². The molecule has 0 bridgehead atoms. The minimum Gasteiger partial charge on any atom is -0.451 e. The van der Waals surface area contributed by atoms with Crippen LogP contribution in [0.4, 0.5) is 0 Å². The van der Waals surface area contributed by atoms with E-state index in [-0.39, 0.29) is 21.0 Å². The zero-order chi connectivity index (χ0) is 18.8. The topological polar surface area (TPSA) is 104 Å². The van der Waals surface area contributed by atoms with Gasteiger partial charge in [-0.3, -0.25) is 4.79 Å². The van der Waals surface area contributed by atoms with Crippen molar-refractivity contribution in [2.24, 2.45) is 5.14 Å². The van der Waals surface area contributed by atoms with Gasteiger partial charge in [0.1, 0.15) is 0 Å². The van der Waals surface area contributed by atoms with E-state index in [1.54, 1.807) is 12.1 Å². The molecule has 0 aliphatic rings. The number of ketones is 1. The van der Waals surface area contributed by atoms with Crippen LogP contribution in [0.5, 0.6) is 0 Å². The first-order valence-electron chi connectivity index (χ1n) is 6.92. The van der Waals surface area contributed by atoms with E-state index in [4.69, 9.17) is 33.1 Å². The summed E-state index contributed by atoms with van der Waals surface area (Å²) in [4.78, 5) is 24.2. The number of ether oxygens (including phenoxy) is 1. The van der Waals surface area contributed by atoms with Crippen LogP contribution in [0.2, 0.25) is 10.0 Å². The predicted molar refractivity (Wildman–Crippen MR) is 93.5 cm³/mol. The van der Waals surface area contributed by atoms with Crippen molar-refractivity contribution < 1.29 is 22.7 Å². The highest BCUT2D eigenvalue weighted by atomic mass is 35.5. The number of hydrogen-bond donors (Lipinski definition) is 1. The molecule has 0 fully saturated rings. The molecule has 2 aromatic carbocycles. The summed E-state index contributed by atoms with van der Waals surface area (Å²) in [6.45, 7) is 1.39. The van der Waals surface area contributed by atoms with Gasteiger partial charge in [0.15, 0.2) is 6.10 Å². The number of benzene rings is 2. The summed E-state index contributed by atoms with van der Waals surface area (Å²) >= 11 is 11.7. The van der Waals surface area contributed by atoms with Gasteiger partial charge in [-0.15, -0.1) is 0 Å². The number of carbonyl (C=O) groups excluding carboxylic acids is 2. The molecule has 25 heavy (non-hydrogen) atoms. The second kappa shape index (κ2) is 7.53. The molecule has 2 rings (SSSR count). The van der Waals surface area contributed by atoms with Crippen molar-refractivity contribution in [3.8, 4) is 0 Å². The fourth-order valence-electron chi connectivity index (χ4n) is 1.99. The zero-order valence-electron chi connectivity index (χ0n) is 12.9. The number of halogens is 2. The number of esters is 1. The van der Waals surface area contributed by atoms with E-state index in [0.29, 0.717) is 5.02 Å². The molecular weight excluding hydrogens is 389 g/mol. The maximum absolute atomic E-state index is 12.3. The van der Waals surface area contributed by atoms with Crippen LogP contribution in [-0.4, -0.2) is 26.3 Å². The summed E-state index contributed by atoms with van der Waals surface area (Å²) in [5, 5.41) is 5.37. The molecule has 0 aliphatic carbocycles. The van der Waals surface area contributed by atoms with Gasteiger partial charge >= 0.3 is 5.97 Å². The number of primary sulfonamides is 1. The van der Waals surface area contributed by atoms with Crippen molar-refractivity contribution in [3.05, 3.63) is 63.6 Å². The maximum Gasteiger partial charge on any atom is 0.340 e. The Bertz CT molecular complexity index is 943. The zero-order valence-corrected chi connectivity index (χ0v) is 15.2. The first-order chi connectivity index (χ1) is 11.6. The van der Waals surface area contributed by atoms with Gasteiger partial charge in [-0.25, -0.2) is 18.4 Å². The number of sulfonamides is 1. The molecule has 0 aliphatic heterocycles. The highest BCUT2D eigenvalue weighted by molar-refractivity contribution is 7.89. The van der Waals surface area contributed by atoms with E-state index in [0.717, 1.165) is 12.1 Å². The molecular formula is C16H13Cl2NO5S. The minimum atomic E-state index is -4.02. The lowest BCUT2D eigenvalue weighted by atomic mass is 10.1. The lowest BCUT2D eigenvalue weighted by Crippen LogP contribution is -2.25. The van der Waals surface area contributed by atoms with Crippen LogP contribution < -0.4 is 5.14 Å². The van der Waals surface area contributed by atoms with Crippen molar-refractivity contribution in [3.63, 3.8) is 0 Å². The average Bonchev–Trinajstić information content (AvgIpc) is 2.53. The second-order valence-electron chi connectivity index (χ2n) is 5.11. The largest absolute Gasteiger partial charge is 0.451 e. The number of hydrogen-bond acceptors (Lipinski definition) is 5. The van der Waals surface area contributed by atoms with E-state index >= 15 is 0 Å². The molecule has 0 saturated heterocycles. The van der Waals surface area contributed by atoms with Crippen LogP contribution in [0.1, 0.15) is 27.6 Å². The van der Waals surface area contributed by atoms with Gasteiger partial charge in [-0.2, -0.15) is 0 Å². The molecule has 1 atom stereocenters. The van der Waals surface area contributed by atoms with Gasteiger partial charge in [0.05, 0.1) is 15.5 Å². The summed E-state index contributed by atoms with van der Waals surface area (Å²) in [5.41, 5.74) is 0.0659. The highest BCUT2D eigenvalue weighted by Crippen LogP contribution is 2.22.